The van der Waals surface area contributed by atoms with Gasteiger partial charge in [0.05, 0.1) is 32.5 Å². The van der Waals surface area contributed by atoms with Gasteiger partial charge < -0.3 is 23.7 Å². The summed E-state index contributed by atoms with van der Waals surface area (Å²) in [4.78, 5) is 12.2. The molecule has 0 amide bonds. The monoisotopic (exact) mass is 530 g/mol. The van der Waals surface area contributed by atoms with E-state index in [9.17, 15) is 4.79 Å². The van der Waals surface area contributed by atoms with Crippen LogP contribution in [0.4, 0.5) is 0 Å². The molecule has 4 rings (SSSR count). The Morgan fingerprint density at radius 3 is 1.77 bits per heavy atom. The van der Waals surface area contributed by atoms with E-state index in [2.05, 4.69) is 6.58 Å². The first-order valence-electron chi connectivity index (χ1n) is 13.5. The van der Waals surface area contributed by atoms with Gasteiger partial charge in [-0.2, -0.15) is 0 Å². The Bertz CT molecular complexity index is 1120. The molecule has 0 N–H and O–H groups in total. The summed E-state index contributed by atoms with van der Waals surface area (Å²) < 4.78 is 31.6. The first-order valence-corrected chi connectivity index (χ1v) is 13.5. The van der Waals surface area contributed by atoms with Crippen LogP contribution in [0.2, 0.25) is 0 Å². The number of hydrogen-bond acceptors (Lipinski definition) is 6. The van der Waals surface area contributed by atoms with Crippen molar-refractivity contribution in [2.45, 2.75) is 70.1 Å². The Hall–Kier alpha value is -3.29. The second-order valence-electron chi connectivity index (χ2n) is 9.68. The van der Waals surface area contributed by atoms with Crippen LogP contribution in [0.25, 0.3) is 0 Å². The van der Waals surface area contributed by atoms with E-state index in [-0.39, 0.29) is 5.97 Å². The number of carbonyl (C=O) groups excluding carboxylic acids is 1. The maximum absolute atomic E-state index is 12.2. The Kier molecular flexibility index (Phi) is 11.3. The molecule has 6 nitrogen and oxygen atoms in total. The summed E-state index contributed by atoms with van der Waals surface area (Å²) in [5, 5.41) is 0. The van der Waals surface area contributed by atoms with Crippen LogP contribution in [0.15, 0.2) is 104 Å². The molecule has 6 heteroatoms. The van der Waals surface area contributed by atoms with Crippen molar-refractivity contribution >= 4 is 5.97 Å². The molecule has 3 aromatic carbocycles. The van der Waals surface area contributed by atoms with E-state index in [4.69, 9.17) is 23.7 Å². The molecule has 0 bridgehead atoms. The molecule has 0 radical (unpaired) electrons. The Balaban J connectivity index is 1.59. The van der Waals surface area contributed by atoms with Gasteiger partial charge in [0.25, 0.3) is 0 Å². The number of rotatable bonds is 14. The van der Waals surface area contributed by atoms with E-state index in [0.717, 1.165) is 16.7 Å². The average molecular weight is 531 g/mol. The Morgan fingerprint density at radius 2 is 1.26 bits per heavy atom. The van der Waals surface area contributed by atoms with E-state index in [1.807, 2.05) is 97.1 Å². The number of esters is 1. The minimum Gasteiger partial charge on any atom is -0.457 e. The summed E-state index contributed by atoms with van der Waals surface area (Å²) >= 11 is 0. The lowest BCUT2D eigenvalue weighted by molar-refractivity contribution is -0.266. The number of allylic oxidation sites excluding steroid dienone is 1. The fourth-order valence-electron chi connectivity index (χ4n) is 4.76. The molecular weight excluding hydrogens is 492 g/mol. The summed E-state index contributed by atoms with van der Waals surface area (Å²) in [6.45, 7) is 6.73. The third kappa shape index (κ3) is 8.87. The predicted octanol–water partition coefficient (Wildman–Crippen LogP) is 6.04. The quantitative estimate of drug-likeness (QED) is 0.187. The molecule has 39 heavy (non-hydrogen) atoms. The van der Waals surface area contributed by atoms with E-state index < -0.39 is 30.5 Å². The third-order valence-corrected chi connectivity index (χ3v) is 6.65. The van der Waals surface area contributed by atoms with Gasteiger partial charge in [0.2, 0.25) is 0 Å². The van der Waals surface area contributed by atoms with Gasteiger partial charge in [0.15, 0.2) is 6.10 Å². The van der Waals surface area contributed by atoms with Crippen LogP contribution in [0.3, 0.4) is 0 Å². The number of carbonyl (C=O) groups is 1. The van der Waals surface area contributed by atoms with Crippen molar-refractivity contribution in [3.8, 4) is 0 Å². The Morgan fingerprint density at radius 1 is 0.744 bits per heavy atom. The summed E-state index contributed by atoms with van der Waals surface area (Å²) in [7, 11) is 0. The summed E-state index contributed by atoms with van der Waals surface area (Å²) in [5.41, 5.74) is 3.13. The first kappa shape index (κ1) is 28.7. The van der Waals surface area contributed by atoms with Crippen molar-refractivity contribution in [3.05, 3.63) is 120 Å². The van der Waals surface area contributed by atoms with Gasteiger partial charge in [-0.15, -0.1) is 6.58 Å². The highest BCUT2D eigenvalue weighted by Crippen LogP contribution is 2.32. The van der Waals surface area contributed by atoms with Crippen LogP contribution in [-0.2, 0) is 48.3 Å². The molecule has 206 valence electrons. The molecule has 5 atom stereocenters. The minimum atomic E-state index is -0.641. The van der Waals surface area contributed by atoms with Gasteiger partial charge in [-0.05, 0) is 29.5 Å². The van der Waals surface area contributed by atoms with Gasteiger partial charge in [-0.3, -0.25) is 4.79 Å². The normalized spacial score (nSPS) is 22.7. The molecule has 0 aromatic heterocycles. The van der Waals surface area contributed by atoms with Gasteiger partial charge in [-0.1, -0.05) is 97.1 Å². The second kappa shape index (κ2) is 15.3. The molecule has 1 aliphatic heterocycles. The highest BCUT2D eigenvalue weighted by atomic mass is 16.6. The fourth-order valence-corrected chi connectivity index (χ4v) is 4.76. The van der Waals surface area contributed by atoms with Crippen LogP contribution in [0.5, 0.6) is 0 Å². The van der Waals surface area contributed by atoms with Gasteiger partial charge in [0.1, 0.15) is 18.3 Å². The number of ether oxygens (including phenoxy) is 5. The van der Waals surface area contributed by atoms with Crippen molar-refractivity contribution in [2.75, 3.05) is 6.61 Å². The lowest BCUT2D eigenvalue weighted by atomic mass is 9.91. The molecule has 0 spiro atoms. The van der Waals surface area contributed by atoms with E-state index in [1.54, 1.807) is 0 Å². The predicted molar refractivity (Wildman–Crippen MR) is 150 cm³/mol. The largest absolute Gasteiger partial charge is 0.457 e. The Labute approximate surface area is 231 Å². The van der Waals surface area contributed by atoms with Crippen LogP contribution >= 0.6 is 0 Å². The molecule has 3 aromatic rings. The molecule has 1 saturated heterocycles. The topological polar surface area (TPSA) is 63.2 Å². The van der Waals surface area contributed by atoms with Crippen molar-refractivity contribution in [3.63, 3.8) is 0 Å². The SMILES string of the molecule is C=CCC[C@@H]1O[C@H](COCc2ccccc2)[C@@H](OCc2ccccc2)[C@H](OCc2ccccc2)[C@H]1OC(C)=O. The molecule has 0 unspecified atom stereocenters. The van der Waals surface area contributed by atoms with Crippen LogP contribution in [-0.4, -0.2) is 43.1 Å². The smallest absolute Gasteiger partial charge is 0.303 e. The molecular formula is C33H38O6. The highest BCUT2D eigenvalue weighted by molar-refractivity contribution is 5.66. The minimum absolute atomic E-state index is 0.303. The maximum Gasteiger partial charge on any atom is 0.303 e. The van der Waals surface area contributed by atoms with Crippen LogP contribution in [0, 0.1) is 0 Å². The summed E-state index contributed by atoms with van der Waals surface area (Å²) in [6.07, 6.45) is 0.619. The van der Waals surface area contributed by atoms with Crippen LogP contribution < -0.4 is 0 Å². The molecule has 0 aliphatic carbocycles. The lowest BCUT2D eigenvalue weighted by Crippen LogP contribution is -2.61. The number of hydrogen-bond donors (Lipinski definition) is 0. The van der Waals surface area contributed by atoms with E-state index in [1.165, 1.54) is 6.92 Å². The fraction of sp³-hybridized carbons (Fsp3) is 0.364. The second-order valence-corrected chi connectivity index (χ2v) is 9.68. The zero-order valence-electron chi connectivity index (χ0n) is 22.5. The molecule has 0 saturated carbocycles. The van der Waals surface area contributed by atoms with E-state index >= 15 is 0 Å². The highest BCUT2D eigenvalue weighted by Gasteiger charge is 2.49. The first-order chi connectivity index (χ1) is 19.1. The molecule has 1 heterocycles. The average Bonchev–Trinajstić information content (AvgIpc) is 2.96. The lowest BCUT2D eigenvalue weighted by Gasteiger charge is -2.46. The van der Waals surface area contributed by atoms with Crippen molar-refractivity contribution in [1.82, 2.24) is 0 Å². The van der Waals surface area contributed by atoms with Gasteiger partial charge in [-0.25, -0.2) is 0 Å². The summed E-state index contributed by atoms with van der Waals surface area (Å²) in [5.74, 6) is -0.388. The maximum atomic E-state index is 12.2. The van der Waals surface area contributed by atoms with Crippen molar-refractivity contribution < 1.29 is 28.5 Å². The van der Waals surface area contributed by atoms with Gasteiger partial charge >= 0.3 is 5.97 Å². The number of benzene rings is 3. The molecule has 1 aliphatic rings. The zero-order valence-corrected chi connectivity index (χ0v) is 22.5. The third-order valence-electron chi connectivity index (χ3n) is 6.65. The van der Waals surface area contributed by atoms with Crippen molar-refractivity contribution in [1.29, 1.82) is 0 Å². The summed E-state index contributed by atoms with van der Waals surface area (Å²) in [6, 6.07) is 29.9. The molecule has 1 fully saturated rings. The van der Waals surface area contributed by atoms with Crippen molar-refractivity contribution in [2.24, 2.45) is 0 Å². The van der Waals surface area contributed by atoms with E-state index in [0.29, 0.717) is 39.3 Å². The zero-order chi connectivity index (χ0) is 27.3. The van der Waals surface area contributed by atoms with Crippen LogP contribution in [0.1, 0.15) is 36.5 Å². The van der Waals surface area contributed by atoms with Gasteiger partial charge in [0, 0.05) is 6.92 Å². The standard InChI is InChI=1S/C33H38O6/c1-3-4-20-29-32(38-25(2)34)33(37-23-28-18-12-7-13-19-28)31(36-22-27-16-10-6-11-17-27)30(39-29)24-35-21-26-14-8-5-9-15-26/h3,5-19,29-33H,1,4,20-24H2,2H3/t29-,30+,31+,32-,33-/m0/s1.